The summed E-state index contributed by atoms with van der Waals surface area (Å²) in [6.45, 7) is 4.72. The molecule has 0 amide bonds. The second-order valence-corrected chi connectivity index (χ2v) is 12.4. The van der Waals surface area contributed by atoms with Gasteiger partial charge in [-0.3, -0.25) is 0 Å². The molecule has 0 unspecified atom stereocenters. The molecule has 0 spiro atoms. The van der Waals surface area contributed by atoms with E-state index in [1.54, 1.807) is 0 Å². The Hall–Kier alpha value is -5.20. The molecule has 43 heavy (non-hydrogen) atoms. The molecule has 0 bridgehead atoms. The molecule has 0 atom stereocenters. The Morgan fingerprint density at radius 3 is 1.42 bits per heavy atom. The quantitative estimate of drug-likeness (QED) is 0.189. The van der Waals surface area contributed by atoms with Crippen molar-refractivity contribution in [2.45, 2.75) is 19.3 Å². The molecular weight excluding hydrogens is 516 g/mol. The van der Waals surface area contributed by atoms with E-state index in [0.717, 1.165) is 0 Å². The summed E-state index contributed by atoms with van der Waals surface area (Å²) in [6, 6.07) is 54.1. The van der Waals surface area contributed by atoms with Gasteiger partial charge in [-0.2, -0.15) is 0 Å². The first-order valence-electron chi connectivity index (χ1n) is 15.2. The van der Waals surface area contributed by atoms with Gasteiger partial charge in [-0.05, 0) is 87.6 Å². The Kier molecular flexibility index (Phi) is 5.05. The third-order valence-electron chi connectivity index (χ3n) is 9.86. The summed E-state index contributed by atoms with van der Waals surface area (Å²) in [4.78, 5) is 0. The first-order valence-corrected chi connectivity index (χ1v) is 15.2. The molecule has 0 nitrogen and oxygen atoms in total. The summed E-state index contributed by atoms with van der Waals surface area (Å²) in [5.74, 6) is 0. The second-order valence-electron chi connectivity index (χ2n) is 12.4. The lowest BCUT2D eigenvalue weighted by atomic mass is 9.81. The van der Waals surface area contributed by atoms with Gasteiger partial charge in [0.2, 0.25) is 0 Å². The van der Waals surface area contributed by atoms with E-state index in [2.05, 4.69) is 159 Å². The first-order chi connectivity index (χ1) is 21.1. The Morgan fingerprint density at radius 2 is 0.744 bits per heavy atom. The van der Waals surface area contributed by atoms with Crippen molar-refractivity contribution in [2.75, 3.05) is 0 Å². The van der Waals surface area contributed by atoms with Crippen LogP contribution in [0.25, 0.3) is 76.5 Å². The third kappa shape index (κ3) is 3.32. The Balaban J connectivity index is 1.42. The molecule has 8 aromatic carbocycles. The second kappa shape index (κ2) is 8.90. The maximum absolute atomic E-state index is 2.38. The molecule has 0 aliphatic heterocycles. The Bertz CT molecular complexity index is 2360. The van der Waals surface area contributed by atoms with Gasteiger partial charge in [0.05, 0.1) is 0 Å². The molecule has 0 N–H and O–H groups in total. The van der Waals surface area contributed by atoms with Crippen LogP contribution >= 0.6 is 0 Å². The van der Waals surface area contributed by atoms with Crippen LogP contribution in [0.15, 0.2) is 146 Å². The molecule has 202 valence electrons. The zero-order chi connectivity index (χ0) is 28.7. The zero-order valence-corrected chi connectivity index (χ0v) is 24.4. The lowest BCUT2D eigenvalue weighted by Crippen LogP contribution is -2.14. The third-order valence-corrected chi connectivity index (χ3v) is 9.86. The molecule has 0 heterocycles. The molecule has 8 aromatic rings. The highest BCUT2D eigenvalue weighted by molar-refractivity contribution is 6.25. The smallest absolute Gasteiger partial charge is 0.0159 e. The molecule has 9 rings (SSSR count). The van der Waals surface area contributed by atoms with Gasteiger partial charge in [0.1, 0.15) is 0 Å². The van der Waals surface area contributed by atoms with Gasteiger partial charge in [0, 0.05) is 5.41 Å². The molecule has 0 saturated carbocycles. The average molecular weight is 547 g/mol. The lowest BCUT2D eigenvalue weighted by Gasteiger charge is -2.22. The SMILES string of the molecule is CC1(C)c2ccccc2-c2c1ccc1c(-c3c4ccccc4c(-c4cccc5ccccc45)c4ccccc34)cccc21. The van der Waals surface area contributed by atoms with Crippen molar-refractivity contribution < 1.29 is 0 Å². The van der Waals surface area contributed by atoms with Crippen molar-refractivity contribution >= 4 is 43.1 Å². The number of hydrogen-bond acceptors (Lipinski definition) is 0. The van der Waals surface area contributed by atoms with Crippen molar-refractivity contribution in [1.29, 1.82) is 0 Å². The van der Waals surface area contributed by atoms with Crippen LogP contribution in [0.5, 0.6) is 0 Å². The van der Waals surface area contributed by atoms with Gasteiger partial charge in [-0.1, -0.05) is 159 Å². The maximum Gasteiger partial charge on any atom is 0.0159 e. The van der Waals surface area contributed by atoms with Crippen molar-refractivity contribution in [3.63, 3.8) is 0 Å². The molecule has 0 aromatic heterocycles. The van der Waals surface area contributed by atoms with Crippen molar-refractivity contribution in [3.05, 3.63) is 157 Å². The monoisotopic (exact) mass is 546 g/mol. The molecule has 0 fully saturated rings. The van der Waals surface area contributed by atoms with Crippen LogP contribution in [0.2, 0.25) is 0 Å². The van der Waals surface area contributed by atoms with Gasteiger partial charge in [-0.15, -0.1) is 0 Å². The van der Waals surface area contributed by atoms with E-state index >= 15 is 0 Å². The largest absolute Gasteiger partial charge is 0.0619 e. The number of fused-ring (bicyclic) bond motifs is 8. The van der Waals surface area contributed by atoms with Crippen molar-refractivity contribution in [3.8, 4) is 33.4 Å². The topological polar surface area (TPSA) is 0 Å². The van der Waals surface area contributed by atoms with Crippen molar-refractivity contribution in [2.24, 2.45) is 0 Å². The number of benzene rings is 8. The average Bonchev–Trinajstić information content (AvgIpc) is 3.30. The fraction of sp³-hybridized carbons (Fsp3) is 0.0698. The van der Waals surface area contributed by atoms with Crippen LogP contribution < -0.4 is 0 Å². The summed E-state index contributed by atoms with van der Waals surface area (Å²) < 4.78 is 0. The fourth-order valence-corrected chi connectivity index (χ4v) is 7.93. The Morgan fingerprint density at radius 1 is 0.302 bits per heavy atom. The highest BCUT2D eigenvalue weighted by atomic mass is 14.4. The van der Waals surface area contributed by atoms with Gasteiger partial charge in [0.25, 0.3) is 0 Å². The fourth-order valence-electron chi connectivity index (χ4n) is 7.93. The van der Waals surface area contributed by atoms with Crippen LogP contribution in [-0.4, -0.2) is 0 Å². The minimum atomic E-state index is -0.0182. The highest BCUT2D eigenvalue weighted by Crippen LogP contribution is 2.53. The van der Waals surface area contributed by atoms with Gasteiger partial charge in [-0.25, -0.2) is 0 Å². The highest BCUT2D eigenvalue weighted by Gasteiger charge is 2.36. The normalized spacial score (nSPS) is 13.5. The van der Waals surface area contributed by atoms with Crippen LogP contribution in [0, 0.1) is 0 Å². The summed E-state index contributed by atoms with van der Waals surface area (Å²) in [6.07, 6.45) is 0. The molecule has 1 aliphatic rings. The standard InChI is InChI=1S/C43H30/c1-43(2)38-24-10-9-20-37(38)42-32-23-12-22-31(29(32)25-26-39(42)43)41-35-18-7-5-16-33(35)40(34-17-6-8-19-36(34)41)30-21-11-14-27-13-3-4-15-28(27)30/h3-26H,1-2H3. The summed E-state index contributed by atoms with van der Waals surface area (Å²) in [5, 5.41) is 10.4. The van der Waals surface area contributed by atoms with E-state index in [-0.39, 0.29) is 5.41 Å². The van der Waals surface area contributed by atoms with E-state index in [1.165, 1.54) is 87.6 Å². The predicted octanol–water partition coefficient (Wildman–Crippen LogP) is 11.9. The predicted molar refractivity (Wildman–Crippen MR) is 185 cm³/mol. The number of hydrogen-bond donors (Lipinski definition) is 0. The molecule has 0 saturated heterocycles. The van der Waals surface area contributed by atoms with Crippen molar-refractivity contribution in [1.82, 2.24) is 0 Å². The lowest BCUT2D eigenvalue weighted by molar-refractivity contribution is 0.661. The van der Waals surface area contributed by atoms with E-state index in [4.69, 9.17) is 0 Å². The van der Waals surface area contributed by atoms with E-state index in [9.17, 15) is 0 Å². The van der Waals surface area contributed by atoms with Crippen LogP contribution in [0.4, 0.5) is 0 Å². The van der Waals surface area contributed by atoms with Crippen LogP contribution in [0.3, 0.4) is 0 Å². The summed E-state index contributed by atoms with van der Waals surface area (Å²) in [5.41, 5.74) is 10.8. The van der Waals surface area contributed by atoms with E-state index < -0.39 is 0 Å². The maximum atomic E-state index is 2.38. The summed E-state index contributed by atoms with van der Waals surface area (Å²) in [7, 11) is 0. The first kappa shape index (κ1) is 24.4. The Labute approximate surface area is 251 Å². The van der Waals surface area contributed by atoms with E-state index in [0.29, 0.717) is 0 Å². The minimum absolute atomic E-state index is 0.0182. The molecule has 0 radical (unpaired) electrons. The van der Waals surface area contributed by atoms with Gasteiger partial charge >= 0.3 is 0 Å². The van der Waals surface area contributed by atoms with E-state index in [1.807, 2.05) is 0 Å². The zero-order valence-electron chi connectivity index (χ0n) is 24.4. The van der Waals surface area contributed by atoms with Crippen LogP contribution in [-0.2, 0) is 5.41 Å². The molecular formula is C43H30. The molecule has 0 heteroatoms. The number of rotatable bonds is 2. The van der Waals surface area contributed by atoms with Crippen LogP contribution in [0.1, 0.15) is 25.0 Å². The minimum Gasteiger partial charge on any atom is -0.0619 e. The summed E-state index contributed by atoms with van der Waals surface area (Å²) >= 11 is 0. The van der Waals surface area contributed by atoms with Gasteiger partial charge in [0.15, 0.2) is 0 Å². The molecule has 1 aliphatic carbocycles. The van der Waals surface area contributed by atoms with Gasteiger partial charge < -0.3 is 0 Å².